The van der Waals surface area contributed by atoms with Crippen LogP contribution >= 0.6 is 0 Å². The second kappa shape index (κ2) is 5.99. The maximum Gasteiger partial charge on any atom is 0.326 e. The number of rotatable bonds is 1. The van der Waals surface area contributed by atoms with Gasteiger partial charge < -0.3 is 19.6 Å². The van der Waals surface area contributed by atoms with Gasteiger partial charge in [-0.2, -0.15) is 0 Å². The van der Waals surface area contributed by atoms with Crippen molar-refractivity contribution >= 4 is 12.0 Å². The monoisotopic (exact) mass is 284 g/mol. The standard InChI is InChI=1S/C14H24N2O4/c1-14(2)10-15(8-9-20-14)13(19)16-7-5-3-4-6-11(16)12(17)18/h11H,3-10H2,1-2H3,(H,17,18). The fourth-order valence-corrected chi connectivity index (χ4v) is 2.96. The van der Waals surface area contributed by atoms with E-state index in [1.54, 1.807) is 4.90 Å². The van der Waals surface area contributed by atoms with Crippen LogP contribution in [0.2, 0.25) is 0 Å². The van der Waals surface area contributed by atoms with E-state index in [4.69, 9.17) is 4.74 Å². The third-order valence-corrected chi connectivity index (χ3v) is 3.98. The van der Waals surface area contributed by atoms with Gasteiger partial charge in [0.25, 0.3) is 0 Å². The number of hydrogen-bond donors (Lipinski definition) is 1. The molecular weight excluding hydrogens is 260 g/mol. The second-order valence-electron chi connectivity index (χ2n) is 6.21. The molecular formula is C14H24N2O4. The predicted octanol–water partition coefficient (Wildman–Crippen LogP) is 1.55. The van der Waals surface area contributed by atoms with Gasteiger partial charge >= 0.3 is 12.0 Å². The van der Waals surface area contributed by atoms with Gasteiger partial charge in [0.15, 0.2) is 0 Å². The molecule has 2 amide bonds. The van der Waals surface area contributed by atoms with E-state index >= 15 is 0 Å². The Labute approximate surface area is 119 Å². The van der Waals surface area contributed by atoms with E-state index in [-0.39, 0.29) is 11.6 Å². The third kappa shape index (κ3) is 3.42. The van der Waals surface area contributed by atoms with Crippen molar-refractivity contribution in [2.45, 2.75) is 51.2 Å². The Balaban J connectivity index is 2.10. The fraction of sp³-hybridized carbons (Fsp3) is 0.857. The molecule has 6 heteroatoms. The molecule has 0 aromatic carbocycles. The van der Waals surface area contributed by atoms with Gasteiger partial charge in [0, 0.05) is 13.1 Å². The van der Waals surface area contributed by atoms with Crippen LogP contribution in [-0.4, -0.2) is 64.8 Å². The minimum absolute atomic E-state index is 0.157. The first-order valence-corrected chi connectivity index (χ1v) is 7.33. The minimum atomic E-state index is -0.896. The Bertz CT molecular complexity index is 383. The van der Waals surface area contributed by atoms with E-state index < -0.39 is 12.0 Å². The number of carbonyl (C=O) groups is 2. The number of ether oxygens (including phenoxy) is 1. The van der Waals surface area contributed by atoms with Crippen molar-refractivity contribution in [1.82, 2.24) is 9.80 Å². The molecule has 114 valence electrons. The molecule has 0 spiro atoms. The smallest absolute Gasteiger partial charge is 0.326 e. The molecule has 2 fully saturated rings. The van der Waals surface area contributed by atoms with Crippen LogP contribution < -0.4 is 0 Å². The Hall–Kier alpha value is -1.30. The van der Waals surface area contributed by atoms with Gasteiger partial charge in [-0.05, 0) is 26.7 Å². The average Bonchev–Trinajstić information content (AvgIpc) is 2.62. The number of aliphatic carboxylic acids is 1. The highest BCUT2D eigenvalue weighted by Crippen LogP contribution is 2.22. The highest BCUT2D eigenvalue weighted by molar-refractivity contribution is 5.83. The SMILES string of the molecule is CC1(C)CN(C(=O)N2CCCCCC2C(=O)O)CCO1. The number of morpholine rings is 1. The molecule has 2 saturated heterocycles. The summed E-state index contributed by atoms with van der Waals surface area (Å²) in [6.07, 6.45) is 3.29. The molecule has 0 bridgehead atoms. The van der Waals surface area contributed by atoms with E-state index in [1.165, 1.54) is 4.90 Å². The molecule has 0 aromatic heterocycles. The first kappa shape index (κ1) is 15.1. The van der Waals surface area contributed by atoms with E-state index in [2.05, 4.69) is 0 Å². The van der Waals surface area contributed by atoms with E-state index in [0.29, 0.717) is 32.7 Å². The van der Waals surface area contributed by atoms with Crippen molar-refractivity contribution in [3.63, 3.8) is 0 Å². The van der Waals surface area contributed by atoms with Crippen LogP contribution in [0.3, 0.4) is 0 Å². The van der Waals surface area contributed by atoms with Crippen LogP contribution in [0.1, 0.15) is 39.5 Å². The lowest BCUT2D eigenvalue weighted by molar-refractivity contribution is -0.142. The zero-order valence-corrected chi connectivity index (χ0v) is 12.3. The Morgan fingerprint density at radius 3 is 2.60 bits per heavy atom. The van der Waals surface area contributed by atoms with Gasteiger partial charge in [0.05, 0.1) is 18.8 Å². The van der Waals surface area contributed by atoms with Gasteiger partial charge in [-0.1, -0.05) is 12.8 Å². The molecule has 2 aliphatic heterocycles. The largest absolute Gasteiger partial charge is 0.480 e. The summed E-state index contributed by atoms with van der Waals surface area (Å²) >= 11 is 0. The van der Waals surface area contributed by atoms with Crippen LogP contribution in [-0.2, 0) is 9.53 Å². The van der Waals surface area contributed by atoms with Gasteiger partial charge in [0.2, 0.25) is 0 Å². The lowest BCUT2D eigenvalue weighted by Gasteiger charge is -2.41. The third-order valence-electron chi connectivity index (χ3n) is 3.98. The number of amides is 2. The number of nitrogens with zero attached hydrogens (tertiary/aromatic N) is 2. The summed E-state index contributed by atoms with van der Waals surface area (Å²) in [5.41, 5.74) is -0.363. The first-order valence-electron chi connectivity index (χ1n) is 7.33. The summed E-state index contributed by atoms with van der Waals surface area (Å²) in [6, 6.07) is -0.841. The van der Waals surface area contributed by atoms with Crippen LogP contribution in [0.25, 0.3) is 0 Å². The molecule has 2 aliphatic rings. The van der Waals surface area contributed by atoms with Crippen LogP contribution in [0.15, 0.2) is 0 Å². The highest BCUT2D eigenvalue weighted by Gasteiger charge is 2.37. The molecule has 6 nitrogen and oxygen atoms in total. The molecule has 0 aliphatic carbocycles. The molecule has 20 heavy (non-hydrogen) atoms. The van der Waals surface area contributed by atoms with Gasteiger partial charge in [-0.3, -0.25) is 0 Å². The molecule has 2 rings (SSSR count). The maximum atomic E-state index is 12.6. The molecule has 1 unspecified atom stereocenters. The number of carbonyl (C=O) groups excluding carboxylic acids is 1. The Kier molecular flexibility index (Phi) is 4.52. The lowest BCUT2D eigenvalue weighted by atomic mass is 10.1. The molecule has 2 heterocycles. The molecule has 1 N–H and O–H groups in total. The first-order chi connectivity index (χ1) is 9.41. The van der Waals surface area contributed by atoms with Crippen molar-refractivity contribution in [2.75, 3.05) is 26.2 Å². The van der Waals surface area contributed by atoms with Crippen molar-refractivity contribution in [3.8, 4) is 0 Å². The van der Waals surface area contributed by atoms with Gasteiger partial charge in [-0.15, -0.1) is 0 Å². The molecule has 0 aromatic rings. The van der Waals surface area contributed by atoms with Gasteiger partial charge in [0.1, 0.15) is 6.04 Å². The van der Waals surface area contributed by atoms with Crippen LogP contribution in [0.5, 0.6) is 0 Å². The van der Waals surface area contributed by atoms with Crippen molar-refractivity contribution < 1.29 is 19.4 Å². The summed E-state index contributed by atoms with van der Waals surface area (Å²) in [7, 11) is 0. The fourth-order valence-electron chi connectivity index (χ4n) is 2.96. The zero-order valence-electron chi connectivity index (χ0n) is 12.3. The zero-order chi connectivity index (χ0) is 14.8. The lowest BCUT2D eigenvalue weighted by Crippen LogP contribution is -2.57. The minimum Gasteiger partial charge on any atom is -0.480 e. The maximum absolute atomic E-state index is 12.6. The van der Waals surface area contributed by atoms with E-state index in [0.717, 1.165) is 19.3 Å². The van der Waals surface area contributed by atoms with Crippen molar-refractivity contribution in [1.29, 1.82) is 0 Å². The summed E-state index contributed by atoms with van der Waals surface area (Å²) in [5, 5.41) is 9.35. The second-order valence-corrected chi connectivity index (χ2v) is 6.21. The van der Waals surface area contributed by atoms with E-state index in [1.807, 2.05) is 13.8 Å². The Morgan fingerprint density at radius 1 is 1.20 bits per heavy atom. The van der Waals surface area contributed by atoms with Crippen molar-refractivity contribution in [2.24, 2.45) is 0 Å². The molecule has 0 radical (unpaired) electrons. The summed E-state index contributed by atoms with van der Waals surface area (Å²) < 4.78 is 5.60. The number of likely N-dealkylation sites (tertiary alicyclic amines) is 1. The summed E-state index contributed by atoms with van der Waals surface area (Å²) in [6.45, 7) is 5.98. The number of carboxylic acid groups (broad SMARTS) is 1. The van der Waals surface area contributed by atoms with Crippen molar-refractivity contribution in [3.05, 3.63) is 0 Å². The van der Waals surface area contributed by atoms with Gasteiger partial charge in [-0.25, -0.2) is 9.59 Å². The number of urea groups is 1. The summed E-state index contributed by atoms with van der Waals surface area (Å²) in [4.78, 5) is 27.3. The van der Waals surface area contributed by atoms with Crippen LogP contribution in [0, 0.1) is 0 Å². The predicted molar refractivity (Wildman–Crippen MR) is 73.6 cm³/mol. The normalized spacial score (nSPS) is 27.0. The molecule has 0 saturated carbocycles. The summed E-state index contributed by atoms with van der Waals surface area (Å²) in [5.74, 6) is -0.896. The number of carboxylic acids is 1. The Morgan fingerprint density at radius 2 is 1.95 bits per heavy atom. The topological polar surface area (TPSA) is 70.1 Å². The molecule has 1 atom stereocenters. The van der Waals surface area contributed by atoms with E-state index in [9.17, 15) is 14.7 Å². The highest BCUT2D eigenvalue weighted by atomic mass is 16.5. The quantitative estimate of drug-likeness (QED) is 0.793. The average molecular weight is 284 g/mol. The van der Waals surface area contributed by atoms with Crippen LogP contribution in [0.4, 0.5) is 4.79 Å². The number of hydrogen-bond acceptors (Lipinski definition) is 3.